The van der Waals surface area contributed by atoms with Crippen molar-refractivity contribution in [1.29, 1.82) is 5.26 Å². The summed E-state index contributed by atoms with van der Waals surface area (Å²) in [5.74, 6) is 0. The van der Waals surface area contributed by atoms with Crippen LogP contribution >= 0.6 is 0 Å². The van der Waals surface area contributed by atoms with E-state index in [1.54, 1.807) is 38.1 Å². The summed E-state index contributed by atoms with van der Waals surface area (Å²) in [4.78, 5) is 0. The fraction of sp³-hybridized carbons (Fsp3) is 0.226. The van der Waals surface area contributed by atoms with Gasteiger partial charge in [-0.25, -0.2) is 4.57 Å². The molecule has 0 spiro atoms. The van der Waals surface area contributed by atoms with Gasteiger partial charge < -0.3 is 4.42 Å². The molecule has 6 rings (SSSR count). The second kappa shape index (κ2) is 7.30. The van der Waals surface area contributed by atoms with E-state index in [4.69, 9.17) is 9.90 Å². The molecule has 0 bridgehead atoms. The van der Waals surface area contributed by atoms with Crippen LogP contribution in [-0.2, 0) is 19.8 Å². The standard InChI is InChI=1S/C31H27N2O/c1-19-8-12-24-25-13-11-22(18-32)28(20-9-10-21-16-31(2,3)17-23(21)15-20)30(25)34-29(24)27(19)26-7-5-6-14-33(26)4/h5-15H,16-17H2,1-4H3/q+1/i16D2,17D2. The Labute approximate surface area is 205 Å². The van der Waals surface area contributed by atoms with E-state index in [2.05, 4.69) is 29.7 Å². The van der Waals surface area contributed by atoms with Gasteiger partial charge in [-0.3, -0.25) is 0 Å². The van der Waals surface area contributed by atoms with Gasteiger partial charge in [0.1, 0.15) is 18.2 Å². The minimum absolute atomic E-state index is 0.315. The molecule has 0 aliphatic heterocycles. The van der Waals surface area contributed by atoms with Crippen molar-refractivity contribution in [3.05, 3.63) is 89.1 Å². The van der Waals surface area contributed by atoms with Crippen molar-refractivity contribution in [2.75, 3.05) is 0 Å². The zero-order chi connectivity index (χ0) is 27.2. The molecule has 1 aliphatic rings. The number of pyridine rings is 1. The molecule has 2 heterocycles. The van der Waals surface area contributed by atoms with Gasteiger partial charge in [0.2, 0.25) is 5.69 Å². The Morgan fingerprint density at radius 3 is 2.44 bits per heavy atom. The van der Waals surface area contributed by atoms with E-state index in [1.165, 1.54) is 0 Å². The lowest BCUT2D eigenvalue weighted by Crippen LogP contribution is -2.30. The quantitative estimate of drug-likeness (QED) is 0.272. The van der Waals surface area contributed by atoms with Crippen LogP contribution in [0.5, 0.6) is 0 Å². The molecule has 166 valence electrons. The van der Waals surface area contributed by atoms with E-state index in [-0.39, 0.29) is 0 Å². The summed E-state index contributed by atoms with van der Waals surface area (Å²) in [7, 11) is 1.99. The fourth-order valence-corrected chi connectivity index (χ4v) is 5.10. The Morgan fingerprint density at radius 2 is 1.68 bits per heavy atom. The van der Waals surface area contributed by atoms with Gasteiger partial charge in [0.15, 0.2) is 6.20 Å². The lowest BCUT2D eigenvalue weighted by molar-refractivity contribution is -0.660. The molecule has 3 aromatic carbocycles. The summed E-state index contributed by atoms with van der Waals surface area (Å²) in [6.07, 6.45) is -1.75. The Hall–Kier alpha value is -3.90. The van der Waals surface area contributed by atoms with Crippen LogP contribution < -0.4 is 4.57 Å². The van der Waals surface area contributed by atoms with E-state index in [9.17, 15) is 5.26 Å². The van der Waals surface area contributed by atoms with E-state index in [1.807, 2.05) is 37.5 Å². The van der Waals surface area contributed by atoms with Gasteiger partial charge in [-0.2, -0.15) is 5.26 Å². The maximum Gasteiger partial charge on any atom is 0.216 e. The first-order valence-corrected chi connectivity index (χ1v) is 11.4. The van der Waals surface area contributed by atoms with Gasteiger partial charge in [0, 0.05) is 34.0 Å². The van der Waals surface area contributed by atoms with Crippen LogP contribution in [0.4, 0.5) is 0 Å². The molecule has 0 fully saturated rings. The molecule has 3 heteroatoms. The first kappa shape index (κ1) is 16.7. The van der Waals surface area contributed by atoms with Crippen molar-refractivity contribution >= 4 is 21.9 Å². The average molecular weight is 448 g/mol. The molecule has 1 aliphatic carbocycles. The number of nitriles is 1. The second-order valence-electron chi connectivity index (χ2n) is 9.54. The highest BCUT2D eigenvalue weighted by atomic mass is 16.3. The smallest absolute Gasteiger partial charge is 0.216 e. The number of aromatic nitrogens is 1. The minimum atomic E-state index is -1.90. The lowest BCUT2D eigenvalue weighted by Gasteiger charge is -2.14. The van der Waals surface area contributed by atoms with Crippen molar-refractivity contribution in [1.82, 2.24) is 0 Å². The molecular formula is C31H27N2O+. The number of furan rings is 1. The van der Waals surface area contributed by atoms with Crippen molar-refractivity contribution in [2.24, 2.45) is 12.5 Å². The molecule has 0 atom stereocenters. The van der Waals surface area contributed by atoms with Crippen molar-refractivity contribution < 1.29 is 14.5 Å². The van der Waals surface area contributed by atoms with Crippen LogP contribution in [0.25, 0.3) is 44.3 Å². The predicted molar refractivity (Wildman–Crippen MR) is 136 cm³/mol. The molecule has 5 aromatic rings. The van der Waals surface area contributed by atoms with E-state index < -0.39 is 18.2 Å². The Balaban J connectivity index is 1.68. The van der Waals surface area contributed by atoms with Gasteiger partial charge in [-0.15, -0.1) is 0 Å². The highest BCUT2D eigenvalue weighted by Crippen LogP contribution is 2.43. The fourth-order valence-electron chi connectivity index (χ4n) is 5.10. The minimum Gasteiger partial charge on any atom is -0.454 e. The molecule has 34 heavy (non-hydrogen) atoms. The lowest BCUT2D eigenvalue weighted by atomic mass is 9.90. The molecule has 2 aromatic heterocycles. The van der Waals surface area contributed by atoms with Crippen LogP contribution in [0.2, 0.25) is 0 Å². The molecule has 0 unspecified atom stereocenters. The molecular weight excluding hydrogens is 416 g/mol. The van der Waals surface area contributed by atoms with Crippen LogP contribution in [0.1, 0.15) is 41.6 Å². The number of nitrogens with zero attached hydrogens (tertiary/aromatic N) is 2. The predicted octanol–water partition coefficient (Wildman–Crippen LogP) is 7.05. The van der Waals surface area contributed by atoms with Gasteiger partial charge >= 0.3 is 0 Å². The van der Waals surface area contributed by atoms with E-state index in [0.29, 0.717) is 33.4 Å². The number of benzene rings is 3. The molecule has 0 N–H and O–H groups in total. The summed E-state index contributed by atoms with van der Waals surface area (Å²) in [5.41, 5.74) is 5.38. The van der Waals surface area contributed by atoms with Crippen LogP contribution in [-0.4, -0.2) is 0 Å². The van der Waals surface area contributed by atoms with Gasteiger partial charge in [-0.1, -0.05) is 44.2 Å². The van der Waals surface area contributed by atoms with Crippen LogP contribution in [0.3, 0.4) is 0 Å². The largest absolute Gasteiger partial charge is 0.454 e. The molecule has 0 amide bonds. The first-order chi connectivity index (χ1) is 17.9. The Morgan fingerprint density at radius 1 is 0.941 bits per heavy atom. The zero-order valence-electron chi connectivity index (χ0n) is 23.7. The summed E-state index contributed by atoms with van der Waals surface area (Å²) in [5, 5.41) is 11.9. The topological polar surface area (TPSA) is 40.8 Å². The summed E-state index contributed by atoms with van der Waals surface area (Å²) in [6, 6.07) is 21.3. The van der Waals surface area contributed by atoms with Crippen LogP contribution in [0.15, 0.2) is 71.3 Å². The third kappa shape index (κ3) is 3.06. The number of fused-ring (bicyclic) bond motifs is 4. The van der Waals surface area contributed by atoms with Crippen molar-refractivity contribution in [2.45, 2.75) is 33.5 Å². The second-order valence-corrected chi connectivity index (χ2v) is 9.54. The summed E-state index contributed by atoms with van der Waals surface area (Å²) < 4.78 is 43.7. The van der Waals surface area contributed by atoms with Gasteiger partial charge in [0.25, 0.3) is 0 Å². The summed E-state index contributed by atoms with van der Waals surface area (Å²) >= 11 is 0. The molecule has 0 saturated carbocycles. The number of rotatable bonds is 2. The van der Waals surface area contributed by atoms with Crippen molar-refractivity contribution in [3.63, 3.8) is 0 Å². The van der Waals surface area contributed by atoms with E-state index in [0.717, 1.165) is 33.2 Å². The van der Waals surface area contributed by atoms with Crippen LogP contribution in [0, 0.1) is 23.7 Å². The monoisotopic (exact) mass is 447 g/mol. The number of hydrogen-bond donors (Lipinski definition) is 0. The number of aryl methyl sites for hydroxylation is 2. The third-order valence-electron chi connectivity index (χ3n) is 6.65. The average Bonchev–Trinajstić information content (AvgIpc) is 3.30. The maximum atomic E-state index is 10.1. The highest BCUT2D eigenvalue weighted by molar-refractivity contribution is 6.14. The zero-order valence-corrected chi connectivity index (χ0v) is 19.7. The summed E-state index contributed by atoms with van der Waals surface area (Å²) in [6.45, 7) is 5.30. The third-order valence-corrected chi connectivity index (χ3v) is 6.65. The SMILES string of the molecule is [2H]C1([2H])c2ccc(-c3c(C#N)ccc4c3oc3c(-c5cccc[n+]5C)c(C)ccc34)cc2C([2H])([2H])C1(C)C. The molecule has 3 nitrogen and oxygen atoms in total. The normalized spacial score (nSPS) is 19.1. The molecule has 0 saturated heterocycles. The van der Waals surface area contributed by atoms with Gasteiger partial charge in [-0.05, 0) is 65.5 Å². The maximum absolute atomic E-state index is 10.1. The Bertz CT molecular complexity index is 1840. The number of hydrogen-bond acceptors (Lipinski definition) is 2. The highest BCUT2D eigenvalue weighted by Gasteiger charge is 2.29. The van der Waals surface area contributed by atoms with E-state index >= 15 is 0 Å². The van der Waals surface area contributed by atoms with Crippen molar-refractivity contribution in [3.8, 4) is 28.5 Å². The Kier molecular flexibility index (Phi) is 3.58. The van der Waals surface area contributed by atoms with Gasteiger partial charge in [0.05, 0.1) is 17.2 Å². The molecule has 0 radical (unpaired) electrons. The first-order valence-electron chi connectivity index (χ1n) is 13.4.